The molecule has 0 saturated carbocycles. The molecule has 1 aromatic rings. The smallest absolute Gasteiger partial charge is 0.115 e. The molecule has 0 fully saturated rings. The maximum Gasteiger partial charge on any atom is 0.115 e. The van der Waals surface area contributed by atoms with Gasteiger partial charge in [-0.25, -0.2) is 0 Å². The molecule has 0 aliphatic rings. The Balaban J connectivity index is 2.20. The van der Waals surface area contributed by atoms with Crippen LogP contribution in [0.25, 0.3) is 0 Å². The van der Waals surface area contributed by atoms with E-state index in [1.807, 2.05) is 43.3 Å². The van der Waals surface area contributed by atoms with Gasteiger partial charge in [-0.1, -0.05) is 48.6 Å². The summed E-state index contributed by atoms with van der Waals surface area (Å²) in [6.45, 7) is 3.00. The monoisotopic (exact) mass is 230 g/mol. The van der Waals surface area contributed by atoms with Crippen LogP contribution in [0.5, 0.6) is 0 Å². The highest BCUT2D eigenvalue weighted by Gasteiger charge is 1.88. The summed E-state index contributed by atoms with van der Waals surface area (Å²) in [7, 11) is 0. The fourth-order valence-corrected chi connectivity index (χ4v) is 1.27. The second-order valence-electron chi connectivity index (χ2n) is 3.52. The largest absolute Gasteiger partial charge is 0.508 e. The highest BCUT2D eigenvalue weighted by atomic mass is 16.5. The van der Waals surface area contributed by atoms with Crippen LogP contribution in [0, 0.1) is 0 Å². The molecule has 0 heterocycles. The quantitative estimate of drug-likeness (QED) is 0.458. The number of hydrogen-bond donors (Lipinski definition) is 1. The van der Waals surface area contributed by atoms with Gasteiger partial charge in [0.1, 0.15) is 5.76 Å². The number of allylic oxidation sites excluding steroid dienone is 4. The van der Waals surface area contributed by atoms with Crippen molar-refractivity contribution >= 4 is 0 Å². The molecule has 1 N–H and O–H groups in total. The highest BCUT2D eigenvalue weighted by molar-refractivity contribution is 5.16. The van der Waals surface area contributed by atoms with Gasteiger partial charge in [0, 0.05) is 0 Å². The highest BCUT2D eigenvalue weighted by Crippen LogP contribution is 2.00. The van der Waals surface area contributed by atoms with Crippen molar-refractivity contribution in [3.8, 4) is 0 Å². The van der Waals surface area contributed by atoms with E-state index >= 15 is 0 Å². The molecular weight excluding hydrogens is 212 g/mol. The van der Waals surface area contributed by atoms with Crippen LogP contribution in [-0.2, 0) is 11.3 Å². The summed E-state index contributed by atoms with van der Waals surface area (Å²) in [5.74, 6) is 0.242. The molecule has 0 saturated heterocycles. The van der Waals surface area contributed by atoms with Gasteiger partial charge in [0.2, 0.25) is 0 Å². The van der Waals surface area contributed by atoms with Gasteiger partial charge in [0.15, 0.2) is 0 Å². The summed E-state index contributed by atoms with van der Waals surface area (Å²) in [6.07, 6.45) is 8.69. The molecule has 0 aliphatic heterocycles. The van der Waals surface area contributed by atoms with Gasteiger partial charge in [0.05, 0.1) is 13.2 Å². The molecule has 0 bridgehead atoms. The van der Waals surface area contributed by atoms with Crippen molar-refractivity contribution in [2.24, 2.45) is 0 Å². The molecule has 1 rings (SSSR count). The SMILES string of the molecule is C\C=C/C(O)=C\C=C/COCc1ccccc1. The van der Waals surface area contributed by atoms with E-state index in [0.717, 1.165) is 5.56 Å². The number of rotatable bonds is 6. The van der Waals surface area contributed by atoms with Crippen LogP contribution in [-0.4, -0.2) is 11.7 Å². The molecule has 1 aromatic carbocycles. The molecule has 17 heavy (non-hydrogen) atoms. The number of benzene rings is 1. The van der Waals surface area contributed by atoms with Crippen LogP contribution in [0.15, 0.2) is 66.5 Å². The molecule has 0 atom stereocenters. The van der Waals surface area contributed by atoms with Gasteiger partial charge >= 0.3 is 0 Å². The van der Waals surface area contributed by atoms with Crippen molar-refractivity contribution in [2.45, 2.75) is 13.5 Å². The minimum absolute atomic E-state index is 0.242. The molecular formula is C15H18O2. The van der Waals surface area contributed by atoms with Crippen molar-refractivity contribution in [1.29, 1.82) is 0 Å². The van der Waals surface area contributed by atoms with E-state index in [0.29, 0.717) is 13.2 Å². The Morgan fingerprint density at radius 2 is 2.06 bits per heavy atom. The van der Waals surface area contributed by atoms with E-state index in [1.54, 1.807) is 24.3 Å². The average molecular weight is 230 g/mol. The van der Waals surface area contributed by atoms with E-state index in [9.17, 15) is 5.11 Å². The Kier molecular flexibility index (Phi) is 6.53. The third kappa shape index (κ3) is 6.38. The first-order chi connectivity index (χ1) is 8.33. The summed E-state index contributed by atoms with van der Waals surface area (Å²) in [5, 5.41) is 9.27. The topological polar surface area (TPSA) is 29.5 Å². The average Bonchev–Trinajstić information content (AvgIpc) is 2.35. The lowest BCUT2D eigenvalue weighted by Crippen LogP contribution is -1.91. The summed E-state index contributed by atoms with van der Waals surface area (Å²) in [5.41, 5.74) is 1.16. The molecule has 2 heteroatoms. The second kappa shape index (κ2) is 8.36. The normalized spacial score (nSPS) is 12.6. The number of hydrogen-bond acceptors (Lipinski definition) is 2. The van der Waals surface area contributed by atoms with Crippen molar-refractivity contribution in [2.75, 3.05) is 6.61 Å². The van der Waals surface area contributed by atoms with Gasteiger partial charge in [0.25, 0.3) is 0 Å². The number of aliphatic hydroxyl groups excluding tert-OH is 1. The predicted molar refractivity (Wildman–Crippen MR) is 70.8 cm³/mol. The van der Waals surface area contributed by atoms with Crippen molar-refractivity contribution in [1.82, 2.24) is 0 Å². The zero-order valence-electron chi connectivity index (χ0n) is 10.0. The molecule has 0 spiro atoms. The summed E-state index contributed by atoms with van der Waals surface area (Å²) < 4.78 is 5.45. The molecule has 0 aromatic heterocycles. The van der Waals surface area contributed by atoms with Crippen LogP contribution in [0.1, 0.15) is 12.5 Å². The molecule has 0 amide bonds. The third-order valence-corrected chi connectivity index (χ3v) is 2.07. The third-order valence-electron chi connectivity index (χ3n) is 2.07. The Labute approximate surface area is 103 Å². The zero-order chi connectivity index (χ0) is 12.3. The first-order valence-corrected chi connectivity index (χ1v) is 5.63. The summed E-state index contributed by atoms with van der Waals surface area (Å²) in [6, 6.07) is 10.0. The first-order valence-electron chi connectivity index (χ1n) is 5.63. The van der Waals surface area contributed by atoms with E-state index in [-0.39, 0.29) is 5.76 Å². The lowest BCUT2D eigenvalue weighted by atomic mass is 10.2. The Morgan fingerprint density at radius 1 is 1.29 bits per heavy atom. The van der Waals surface area contributed by atoms with Gasteiger partial charge < -0.3 is 9.84 Å². The maximum absolute atomic E-state index is 9.27. The zero-order valence-corrected chi connectivity index (χ0v) is 10.0. The van der Waals surface area contributed by atoms with E-state index in [2.05, 4.69) is 0 Å². The van der Waals surface area contributed by atoms with Crippen molar-refractivity contribution < 1.29 is 9.84 Å². The van der Waals surface area contributed by atoms with Gasteiger partial charge in [-0.3, -0.25) is 0 Å². The molecule has 0 radical (unpaired) electrons. The molecule has 90 valence electrons. The van der Waals surface area contributed by atoms with E-state index < -0.39 is 0 Å². The van der Waals surface area contributed by atoms with Crippen LogP contribution < -0.4 is 0 Å². The molecule has 0 aliphatic carbocycles. The summed E-state index contributed by atoms with van der Waals surface area (Å²) >= 11 is 0. The fourth-order valence-electron chi connectivity index (χ4n) is 1.27. The lowest BCUT2D eigenvalue weighted by molar-refractivity contribution is 0.148. The Morgan fingerprint density at radius 3 is 2.76 bits per heavy atom. The maximum atomic E-state index is 9.27. The fraction of sp³-hybridized carbons (Fsp3) is 0.200. The predicted octanol–water partition coefficient (Wildman–Crippen LogP) is 3.78. The summed E-state index contributed by atoms with van der Waals surface area (Å²) in [4.78, 5) is 0. The Hall–Kier alpha value is -1.80. The van der Waals surface area contributed by atoms with Crippen LogP contribution in [0.3, 0.4) is 0 Å². The standard InChI is InChI=1S/C15H18O2/c1-2-8-15(16)11-6-7-12-17-13-14-9-4-3-5-10-14/h2-11,16H,12-13H2,1H3/b7-6-,8-2-,15-11+. The van der Waals surface area contributed by atoms with Gasteiger partial charge in [-0.2, -0.15) is 0 Å². The van der Waals surface area contributed by atoms with E-state index in [4.69, 9.17) is 4.74 Å². The van der Waals surface area contributed by atoms with Crippen LogP contribution in [0.4, 0.5) is 0 Å². The minimum Gasteiger partial charge on any atom is -0.508 e. The van der Waals surface area contributed by atoms with E-state index in [1.165, 1.54) is 0 Å². The Bertz CT molecular complexity index is 389. The van der Waals surface area contributed by atoms with Gasteiger partial charge in [-0.05, 0) is 24.6 Å². The first kappa shape index (κ1) is 13.3. The minimum atomic E-state index is 0.242. The number of aliphatic hydroxyl groups is 1. The molecule has 2 nitrogen and oxygen atoms in total. The van der Waals surface area contributed by atoms with Crippen LogP contribution in [0.2, 0.25) is 0 Å². The lowest BCUT2D eigenvalue weighted by Gasteiger charge is -2.00. The molecule has 0 unspecified atom stereocenters. The number of ether oxygens (including phenoxy) is 1. The second-order valence-corrected chi connectivity index (χ2v) is 3.52. The van der Waals surface area contributed by atoms with Crippen molar-refractivity contribution in [3.05, 3.63) is 72.0 Å². The van der Waals surface area contributed by atoms with Crippen molar-refractivity contribution in [3.63, 3.8) is 0 Å². The van der Waals surface area contributed by atoms with Gasteiger partial charge in [-0.15, -0.1) is 0 Å². The van der Waals surface area contributed by atoms with Crippen LogP contribution >= 0.6 is 0 Å².